The lowest BCUT2D eigenvalue weighted by Crippen LogP contribution is -2.27. The number of halogens is 1. The van der Waals surface area contributed by atoms with Crippen LogP contribution in [0.1, 0.15) is 12.0 Å². The highest BCUT2D eigenvalue weighted by Gasteiger charge is 2.09. The Labute approximate surface area is 117 Å². The molecule has 106 valence electrons. The van der Waals surface area contributed by atoms with Crippen molar-refractivity contribution in [2.45, 2.75) is 17.7 Å². The SMILES string of the molecule is COCCNC(=O)CCc1ccc(S(=O)(=O)Cl)cc1. The standard InChI is InChI=1S/C12H16ClNO4S/c1-18-9-8-14-12(15)7-4-10-2-5-11(6-3-10)19(13,16)17/h2-3,5-6H,4,7-9H2,1H3,(H,14,15). The zero-order valence-electron chi connectivity index (χ0n) is 10.6. The van der Waals surface area contributed by atoms with Crippen molar-refractivity contribution in [2.75, 3.05) is 20.3 Å². The lowest BCUT2D eigenvalue weighted by molar-refractivity contribution is -0.121. The van der Waals surface area contributed by atoms with Crippen molar-refractivity contribution in [1.29, 1.82) is 0 Å². The lowest BCUT2D eigenvalue weighted by atomic mass is 10.1. The number of benzene rings is 1. The predicted molar refractivity (Wildman–Crippen MR) is 72.7 cm³/mol. The first-order valence-electron chi connectivity index (χ1n) is 5.72. The van der Waals surface area contributed by atoms with Gasteiger partial charge in [-0.25, -0.2) is 8.42 Å². The third-order valence-electron chi connectivity index (χ3n) is 2.47. The minimum atomic E-state index is -3.69. The van der Waals surface area contributed by atoms with E-state index in [1.54, 1.807) is 19.2 Å². The maximum absolute atomic E-state index is 11.4. The first-order valence-corrected chi connectivity index (χ1v) is 8.03. The molecule has 0 saturated heterocycles. The summed E-state index contributed by atoms with van der Waals surface area (Å²) in [5, 5.41) is 2.71. The van der Waals surface area contributed by atoms with E-state index in [-0.39, 0.29) is 10.8 Å². The van der Waals surface area contributed by atoms with Crippen LogP contribution in [0.15, 0.2) is 29.2 Å². The van der Waals surface area contributed by atoms with E-state index in [9.17, 15) is 13.2 Å². The molecular weight excluding hydrogens is 290 g/mol. The summed E-state index contributed by atoms with van der Waals surface area (Å²) in [7, 11) is 3.09. The van der Waals surface area contributed by atoms with Crippen molar-refractivity contribution in [3.05, 3.63) is 29.8 Å². The van der Waals surface area contributed by atoms with Gasteiger partial charge in [-0.05, 0) is 24.1 Å². The largest absolute Gasteiger partial charge is 0.383 e. The van der Waals surface area contributed by atoms with Crippen molar-refractivity contribution in [3.63, 3.8) is 0 Å². The molecule has 1 N–H and O–H groups in total. The molecule has 0 saturated carbocycles. The van der Waals surface area contributed by atoms with Crippen LogP contribution in [0, 0.1) is 0 Å². The molecule has 1 amide bonds. The van der Waals surface area contributed by atoms with Gasteiger partial charge in [0.05, 0.1) is 11.5 Å². The molecule has 0 atom stereocenters. The van der Waals surface area contributed by atoms with Crippen LogP contribution in [0.5, 0.6) is 0 Å². The molecule has 0 heterocycles. The molecule has 1 aromatic carbocycles. The number of amides is 1. The summed E-state index contributed by atoms with van der Waals surface area (Å²) >= 11 is 0. The second kappa shape index (κ2) is 7.47. The van der Waals surface area contributed by atoms with E-state index < -0.39 is 9.05 Å². The highest BCUT2D eigenvalue weighted by Crippen LogP contribution is 2.15. The summed E-state index contributed by atoms with van der Waals surface area (Å²) in [6.45, 7) is 0.965. The molecule has 0 fully saturated rings. The van der Waals surface area contributed by atoms with Gasteiger partial charge in [-0.2, -0.15) is 0 Å². The summed E-state index contributed by atoms with van der Waals surface area (Å²) in [6.07, 6.45) is 0.887. The second-order valence-electron chi connectivity index (χ2n) is 3.92. The van der Waals surface area contributed by atoms with Crippen LogP contribution in [-0.2, 0) is 25.0 Å². The number of hydrogen-bond donors (Lipinski definition) is 1. The fourth-order valence-electron chi connectivity index (χ4n) is 1.46. The predicted octanol–water partition coefficient (Wildman–Crippen LogP) is 1.31. The molecule has 0 aliphatic heterocycles. The quantitative estimate of drug-likeness (QED) is 0.609. The summed E-state index contributed by atoms with van der Waals surface area (Å²) in [5.74, 6) is -0.0638. The second-order valence-corrected chi connectivity index (χ2v) is 6.49. The first-order chi connectivity index (χ1) is 8.93. The normalized spacial score (nSPS) is 11.3. The Hall–Kier alpha value is -1.11. The van der Waals surface area contributed by atoms with Crippen LogP contribution in [0.2, 0.25) is 0 Å². The zero-order valence-corrected chi connectivity index (χ0v) is 12.1. The number of hydrogen-bond acceptors (Lipinski definition) is 4. The molecule has 0 unspecified atom stereocenters. The Morgan fingerprint density at radius 3 is 2.47 bits per heavy atom. The average Bonchev–Trinajstić information content (AvgIpc) is 2.36. The number of nitrogens with one attached hydrogen (secondary N) is 1. The van der Waals surface area contributed by atoms with E-state index in [4.69, 9.17) is 15.4 Å². The van der Waals surface area contributed by atoms with Gasteiger partial charge in [-0.3, -0.25) is 4.79 Å². The van der Waals surface area contributed by atoms with Crippen molar-refractivity contribution in [2.24, 2.45) is 0 Å². The van der Waals surface area contributed by atoms with Crippen LogP contribution >= 0.6 is 10.7 Å². The lowest BCUT2D eigenvalue weighted by Gasteiger charge is -2.05. The van der Waals surface area contributed by atoms with Crippen molar-refractivity contribution >= 4 is 25.6 Å². The van der Waals surface area contributed by atoms with Gasteiger partial charge < -0.3 is 10.1 Å². The number of methoxy groups -OCH3 is 1. The first kappa shape index (κ1) is 15.9. The maximum atomic E-state index is 11.4. The highest BCUT2D eigenvalue weighted by molar-refractivity contribution is 8.13. The molecular formula is C12H16ClNO4S. The fourth-order valence-corrected chi connectivity index (χ4v) is 2.23. The molecule has 0 spiro atoms. The molecule has 0 radical (unpaired) electrons. The number of aryl methyl sites for hydroxylation is 1. The van der Waals surface area contributed by atoms with Gasteiger partial charge in [0, 0.05) is 30.8 Å². The van der Waals surface area contributed by atoms with Gasteiger partial charge in [0.2, 0.25) is 5.91 Å². The Morgan fingerprint density at radius 1 is 1.32 bits per heavy atom. The Kier molecular flexibility index (Phi) is 6.27. The third-order valence-corrected chi connectivity index (χ3v) is 3.84. The van der Waals surface area contributed by atoms with E-state index in [1.807, 2.05) is 0 Å². The summed E-state index contributed by atoms with van der Waals surface area (Å²) < 4.78 is 26.9. The Balaban J connectivity index is 2.44. The summed E-state index contributed by atoms with van der Waals surface area (Å²) in [4.78, 5) is 11.5. The van der Waals surface area contributed by atoms with Crippen LogP contribution in [0.4, 0.5) is 0 Å². The van der Waals surface area contributed by atoms with Gasteiger partial charge in [0.15, 0.2) is 0 Å². The van der Waals surface area contributed by atoms with Crippen LogP contribution in [0.25, 0.3) is 0 Å². The average molecular weight is 306 g/mol. The molecule has 19 heavy (non-hydrogen) atoms. The highest BCUT2D eigenvalue weighted by atomic mass is 35.7. The number of carbonyl (C=O) groups is 1. The zero-order chi connectivity index (χ0) is 14.3. The number of rotatable bonds is 7. The molecule has 7 heteroatoms. The molecule has 0 aliphatic carbocycles. The molecule has 0 aromatic heterocycles. The smallest absolute Gasteiger partial charge is 0.261 e. The molecule has 0 bridgehead atoms. The van der Waals surface area contributed by atoms with Crippen LogP contribution < -0.4 is 5.32 Å². The third kappa shape index (κ3) is 6.04. The molecule has 0 aliphatic rings. The van der Waals surface area contributed by atoms with E-state index in [0.29, 0.717) is 26.0 Å². The van der Waals surface area contributed by atoms with Crippen LogP contribution in [0.3, 0.4) is 0 Å². The van der Waals surface area contributed by atoms with Crippen molar-refractivity contribution < 1.29 is 17.9 Å². The molecule has 5 nitrogen and oxygen atoms in total. The monoisotopic (exact) mass is 305 g/mol. The van der Waals surface area contributed by atoms with Crippen LogP contribution in [-0.4, -0.2) is 34.6 Å². The van der Waals surface area contributed by atoms with E-state index >= 15 is 0 Å². The van der Waals surface area contributed by atoms with Gasteiger partial charge in [0.25, 0.3) is 9.05 Å². The van der Waals surface area contributed by atoms with Gasteiger partial charge in [-0.15, -0.1) is 0 Å². The van der Waals surface area contributed by atoms with Gasteiger partial charge in [0.1, 0.15) is 0 Å². The fraction of sp³-hybridized carbons (Fsp3) is 0.417. The van der Waals surface area contributed by atoms with E-state index in [2.05, 4.69) is 5.32 Å². The summed E-state index contributed by atoms with van der Waals surface area (Å²) in [5.41, 5.74) is 0.881. The molecule has 1 rings (SSSR count). The minimum absolute atomic E-state index is 0.0578. The van der Waals surface area contributed by atoms with Crippen molar-refractivity contribution in [3.8, 4) is 0 Å². The van der Waals surface area contributed by atoms with Gasteiger partial charge in [-0.1, -0.05) is 12.1 Å². The van der Waals surface area contributed by atoms with E-state index in [0.717, 1.165) is 5.56 Å². The Morgan fingerprint density at radius 2 is 1.95 bits per heavy atom. The number of carbonyl (C=O) groups excluding carboxylic acids is 1. The van der Waals surface area contributed by atoms with Crippen molar-refractivity contribution in [1.82, 2.24) is 5.32 Å². The van der Waals surface area contributed by atoms with E-state index in [1.165, 1.54) is 12.1 Å². The van der Waals surface area contributed by atoms with Gasteiger partial charge >= 0.3 is 0 Å². The topological polar surface area (TPSA) is 72.5 Å². The minimum Gasteiger partial charge on any atom is -0.383 e. The summed E-state index contributed by atoms with van der Waals surface area (Å²) in [6, 6.07) is 6.16. The Bertz CT molecular complexity index is 513. The molecule has 1 aromatic rings. The number of ether oxygens (including phenoxy) is 1. The maximum Gasteiger partial charge on any atom is 0.261 e.